The number of unbranched alkanes of at least 4 members (excludes halogenated alkanes) is 9. The normalized spacial score (nSPS) is 14.5. The van der Waals surface area contributed by atoms with E-state index in [1.54, 1.807) is 6.20 Å². The zero-order valence-electron chi connectivity index (χ0n) is 23.4. The smallest absolute Gasteiger partial charge is 0.248 e. The minimum Gasteiger partial charge on any atom is -0.355 e. The van der Waals surface area contributed by atoms with Crippen LogP contribution in [0.5, 0.6) is 0 Å². The number of amides is 3. The lowest BCUT2D eigenvalue weighted by molar-refractivity contribution is -0.154. The maximum atomic E-state index is 12.9. The molecule has 0 radical (unpaired) electrons. The highest BCUT2D eigenvalue weighted by molar-refractivity contribution is 5.90. The van der Waals surface area contributed by atoms with Crippen molar-refractivity contribution < 1.29 is 14.4 Å². The lowest BCUT2D eigenvalue weighted by Crippen LogP contribution is -2.59. The average molecular weight is 515 g/mol. The molecule has 1 heterocycles. The number of hydrogen-bond donors (Lipinski definition) is 0. The van der Waals surface area contributed by atoms with Gasteiger partial charge in [0.25, 0.3) is 0 Å². The van der Waals surface area contributed by atoms with Crippen LogP contribution in [0.4, 0.5) is 0 Å². The van der Waals surface area contributed by atoms with Gasteiger partial charge in [-0.3, -0.25) is 14.4 Å². The van der Waals surface area contributed by atoms with Crippen molar-refractivity contribution in [2.45, 2.75) is 90.9 Å². The summed E-state index contributed by atoms with van der Waals surface area (Å²) in [5.41, 5.74) is 0. The molecular formula is C30H50N4O3. The van der Waals surface area contributed by atoms with Crippen LogP contribution < -0.4 is 0 Å². The Bertz CT molecular complexity index is 736. The second-order valence-corrected chi connectivity index (χ2v) is 9.98. The summed E-state index contributed by atoms with van der Waals surface area (Å²) in [5.74, 6) is -0.328. The Labute approximate surface area is 225 Å². The van der Waals surface area contributed by atoms with Crippen LogP contribution in [0.2, 0.25) is 0 Å². The van der Waals surface area contributed by atoms with Crippen LogP contribution >= 0.6 is 0 Å². The number of allylic oxidation sites excluding steroid dienone is 1. The quantitative estimate of drug-likeness (QED) is 0.156. The molecule has 0 aromatic carbocycles. The molecule has 0 saturated carbocycles. The standard InChI is InChI=1S/C30H50N4O3/c1-6-10-11-12-13-14-15-16-17-18-19-27(5)20-22-31(9-4)23-21-30(37)34-25-32(28(35)7-2)24-33(26-34)29(36)8-3/h7-9,20,22,27H,2-4,6,10-19,21,23-26H2,1,5H3. The Hall–Kier alpha value is -2.83. The first-order valence-corrected chi connectivity index (χ1v) is 14.0. The number of rotatable bonds is 19. The van der Waals surface area contributed by atoms with Gasteiger partial charge >= 0.3 is 0 Å². The summed E-state index contributed by atoms with van der Waals surface area (Å²) in [5, 5.41) is 0. The lowest BCUT2D eigenvalue weighted by atomic mass is 10.0. The monoisotopic (exact) mass is 514 g/mol. The van der Waals surface area contributed by atoms with Gasteiger partial charge in [0.2, 0.25) is 17.7 Å². The van der Waals surface area contributed by atoms with Crippen LogP contribution in [0.1, 0.15) is 90.9 Å². The van der Waals surface area contributed by atoms with Crippen molar-refractivity contribution in [3.05, 3.63) is 50.4 Å². The first-order valence-electron chi connectivity index (χ1n) is 14.0. The van der Waals surface area contributed by atoms with Crippen molar-refractivity contribution in [3.63, 3.8) is 0 Å². The zero-order valence-corrected chi connectivity index (χ0v) is 23.4. The molecule has 37 heavy (non-hydrogen) atoms. The molecule has 0 spiro atoms. The zero-order chi connectivity index (χ0) is 27.5. The molecule has 1 aliphatic rings. The molecule has 1 aliphatic heterocycles. The van der Waals surface area contributed by atoms with Gasteiger partial charge in [-0.15, -0.1) is 0 Å². The molecule has 7 heteroatoms. The maximum absolute atomic E-state index is 12.9. The Morgan fingerprint density at radius 1 is 0.784 bits per heavy atom. The van der Waals surface area contributed by atoms with E-state index < -0.39 is 0 Å². The van der Waals surface area contributed by atoms with Crippen molar-refractivity contribution in [1.29, 1.82) is 0 Å². The molecule has 1 rings (SSSR count). The van der Waals surface area contributed by atoms with E-state index in [-0.39, 0.29) is 44.1 Å². The summed E-state index contributed by atoms with van der Waals surface area (Å²) in [6, 6.07) is 0. The first-order chi connectivity index (χ1) is 17.9. The molecule has 0 aromatic rings. The molecule has 0 aliphatic carbocycles. The van der Waals surface area contributed by atoms with Crippen LogP contribution in [-0.4, -0.2) is 63.9 Å². The van der Waals surface area contributed by atoms with E-state index in [9.17, 15) is 14.4 Å². The van der Waals surface area contributed by atoms with Gasteiger partial charge in [0.15, 0.2) is 0 Å². The SMILES string of the molecule is C=CC(=O)N1CN(C(=O)C=C)CN(C(=O)CCN(C=C)C=CC(C)CCCCCCCCCCCC)C1. The number of nitrogens with zero attached hydrogens (tertiary/aromatic N) is 4. The van der Waals surface area contributed by atoms with Crippen LogP contribution in [-0.2, 0) is 14.4 Å². The van der Waals surface area contributed by atoms with Gasteiger partial charge in [-0.1, -0.05) is 104 Å². The largest absolute Gasteiger partial charge is 0.355 e. The molecular weight excluding hydrogens is 464 g/mol. The topological polar surface area (TPSA) is 64.2 Å². The Kier molecular flexibility index (Phi) is 16.8. The van der Waals surface area contributed by atoms with Crippen LogP contribution in [0.25, 0.3) is 0 Å². The highest BCUT2D eigenvalue weighted by atomic mass is 16.2. The number of carbonyl (C=O) groups is 3. The average Bonchev–Trinajstić information content (AvgIpc) is 2.92. The Balaban J connectivity index is 2.38. The third kappa shape index (κ3) is 13.3. The summed E-state index contributed by atoms with van der Waals surface area (Å²) in [6.45, 7) is 16.2. The number of hydrogen-bond acceptors (Lipinski definition) is 4. The van der Waals surface area contributed by atoms with Gasteiger partial charge < -0.3 is 19.6 Å². The molecule has 208 valence electrons. The summed E-state index contributed by atoms with van der Waals surface area (Å²) in [7, 11) is 0. The van der Waals surface area contributed by atoms with E-state index >= 15 is 0 Å². The molecule has 1 unspecified atom stereocenters. The van der Waals surface area contributed by atoms with Crippen molar-refractivity contribution in [2.75, 3.05) is 26.6 Å². The Morgan fingerprint density at radius 3 is 1.76 bits per heavy atom. The van der Waals surface area contributed by atoms with E-state index in [4.69, 9.17) is 0 Å². The van der Waals surface area contributed by atoms with Crippen molar-refractivity contribution in [1.82, 2.24) is 19.6 Å². The summed E-state index contributed by atoms with van der Waals surface area (Å²) >= 11 is 0. The fourth-order valence-corrected chi connectivity index (χ4v) is 4.36. The lowest BCUT2D eigenvalue weighted by Gasteiger charge is -2.41. The van der Waals surface area contributed by atoms with E-state index in [2.05, 4.69) is 39.7 Å². The second kappa shape index (κ2) is 19.3. The Morgan fingerprint density at radius 2 is 1.27 bits per heavy atom. The van der Waals surface area contributed by atoms with Gasteiger partial charge in [0.1, 0.15) is 0 Å². The van der Waals surface area contributed by atoms with E-state index in [1.165, 1.54) is 91.1 Å². The fraction of sp³-hybridized carbons (Fsp3) is 0.633. The minimum atomic E-state index is -0.327. The van der Waals surface area contributed by atoms with Gasteiger partial charge in [-0.05, 0) is 36.9 Å². The van der Waals surface area contributed by atoms with E-state index in [0.29, 0.717) is 12.5 Å². The van der Waals surface area contributed by atoms with Gasteiger partial charge in [0, 0.05) is 13.0 Å². The molecule has 0 N–H and O–H groups in total. The summed E-state index contributed by atoms with van der Waals surface area (Å²) < 4.78 is 0. The molecule has 1 fully saturated rings. The molecule has 0 aromatic heterocycles. The highest BCUT2D eigenvalue weighted by Crippen LogP contribution is 2.15. The first kappa shape index (κ1) is 32.2. The van der Waals surface area contributed by atoms with Gasteiger partial charge in [-0.25, -0.2) is 0 Å². The van der Waals surface area contributed by atoms with Crippen molar-refractivity contribution in [2.24, 2.45) is 5.92 Å². The second-order valence-electron chi connectivity index (χ2n) is 9.98. The molecule has 3 amide bonds. The van der Waals surface area contributed by atoms with Crippen LogP contribution in [0, 0.1) is 5.92 Å². The van der Waals surface area contributed by atoms with Crippen molar-refractivity contribution in [3.8, 4) is 0 Å². The van der Waals surface area contributed by atoms with Gasteiger partial charge in [0.05, 0.1) is 20.0 Å². The molecule has 1 saturated heterocycles. The fourth-order valence-electron chi connectivity index (χ4n) is 4.36. The van der Waals surface area contributed by atoms with Crippen LogP contribution in [0.15, 0.2) is 50.4 Å². The number of carbonyl (C=O) groups excluding carboxylic acids is 3. The van der Waals surface area contributed by atoms with E-state index in [0.717, 1.165) is 6.42 Å². The summed E-state index contributed by atoms with van der Waals surface area (Å²) in [4.78, 5) is 43.4. The molecule has 1 atom stereocenters. The van der Waals surface area contributed by atoms with Crippen molar-refractivity contribution >= 4 is 17.7 Å². The third-order valence-corrected chi connectivity index (χ3v) is 6.79. The predicted molar refractivity (Wildman–Crippen MR) is 152 cm³/mol. The van der Waals surface area contributed by atoms with Crippen LogP contribution in [0.3, 0.4) is 0 Å². The van der Waals surface area contributed by atoms with Gasteiger partial charge in [-0.2, -0.15) is 0 Å². The minimum absolute atomic E-state index is 0.109. The molecule has 0 bridgehead atoms. The van der Waals surface area contributed by atoms with E-state index in [1.807, 2.05) is 11.1 Å². The molecule has 7 nitrogen and oxygen atoms in total. The third-order valence-electron chi connectivity index (χ3n) is 6.79. The summed E-state index contributed by atoms with van der Waals surface area (Å²) in [6.07, 6.45) is 23.1. The predicted octanol–water partition coefficient (Wildman–Crippen LogP) is 6.03. The highest BCUT2D eigenvalue weighted by Gasteiger charge is 2.30. The maximum Gasteiger partial charge on any atom is 0.248 e.